The highest BCUT2D eigenvalue weighted by molar-refractivity contribution is 4.62. The van der Waals surface area contributed by atoms with Crippen molar-refractivity contribution < 1.29 is 14.9 Å². The fraction of sp³-hybridized carbons (Fsp3) is 1.00. The summed E-state index contributed by atoms with van der Waals surface area (Å²) >= 11 is 0. The minimum absolute atomic E-state index is 0.279. The van der Waals surface area contributed by atoms with Crippen LogP contribution in [0.3, 0.4) is 0 Å². The maximum Gasteiger partial charge on any atom is 0.157 e. The maximum absolute atomic E-state index is 8.61. The van der Waals surface area contributed by atoms with E-state index in [1.54, 1.807) is 0 Å². The summed E-state index contributed by atoms with van der Waals surface area (Å²) in [5.74, 6) is 0. The zero-order valence-electron chi connectivity index (χ0n) is 3.87. The standard InChI is InChI=1S/C4H8O3/c5-3-1-4(6)7-2-3/h3-6H,1-2H2/t3-,4+/m0/s1. The van der Waals surface area contributed by atoms with Gasteiger partial charge < -0.3 is 14.9 Å². The fourth-order valence-electron chi connectivity index (χ4n) is 0.591. The fourth-order valence-corrected chi connectivity index (χ4v) is 0.591. The van der Waals surface area contributed by atoms with Gasteiger partial charge in [0, 0.05) is 6.42 Å². The molecule has 0 amide bonds. The molecule has 42 valence electrons. The minimum Gasteiger partial charge on any atom is -0.391 e. The molecule has 0 saturated carbocycles. The van der Waals surface area contributed by atoms with Gasteiger partial charge in [-0.2, -0.15) is 0 Å². The van der Waals surface area contributed by atoms with Crippen LogP contribution in [0.25, 0.3) is 0 Å². The molecule has 1 aliphatic rings. The predicted molar refractivity (Wildman–Crippen MR) is 22.6 cm³/mol. The van der Waals surface area contributed by atoms with Crippen LogP contribution in [0.2, 0.25) is 0 Å². The van der Waals surface area contributed by atoms with E-state index in [4.69, 9.17) is 10.2 Å². The van der Waals surface area contributed by atoms with Crippen LogP contribution in [0.4, 0.5) is 0 Å². The molecule has 1 saturated heterocycles. The number of hydrogen-bond donors (Lipinski definition) is 2. The van der Waals surface area contributed by atoms with E-state index in [2.05, 4.69) is 4.74 Å². The van der Waals surface area contributed by atoms with Crippen LogP contribution in [-0.4, -0.2) is 29.2 Å². The van der Waals surface area contributed by atoms with Gasteiger partial charge in [-0.3, -0.25) is 0 Å². The second-order valence-electron chi connectivity index (χ2n) is 1.68. The Kier molecular flexibility index (Phi) is 1.27. The third-order valence-electron chi connectivity index (χ3n) is 0.955. The lowest BCUT2D eigenvalue weighted by Crippen LogP contribution is -2.04. The van der Waals surface area contributed by atoms with E-state index in [0.29, 0.717) is 6.42 Å². The van der Waals surface area contributed by atoms with Crippen LogP contribution in [-0.2, 0) is 4.74 Å². The first-order valence-corrected chi connectivity index (χ1v) is 2.27. The van der Waals surface area contributed by atoms with E-state index in [1.807, 2.05) is 0 Å². The van der Waals surface area contributed by atoms with Gasteiger partial charge in [-0.25, -0.2) is 0 Å². The van der Waals surface area contributed by atoms with Crippen molar-refractivity contribution in [1.29, 1.82) is 0 Å². The first-order valence-electron chi connectivity index (χ1n) is 2.27. The Labute approximate surface area is 41.5 Å². The highest BCUT2D eigenvalue weighted by Crippen LogP contribution is 2.08. The summed E-state index contributed by atoms with van der Waals surface area (Å²) in [7, 11) is 0. The van der Waals surface area contributed by atoms with Crippen LogP contribution < -0.4 is 0 Å². The molecular formula is C4H8O3. The summed E-state index contributed by atoms with van der Waals surface area (Å²) in [6, 6.07) is 0. The number of aliphatic hydroxyl groups excluding tert-OH is 2. The molecule has 0 radical (unpaired) electrons. The summed E-state index contributed by atoms with van der Waals surface area (Å²) < 4.78 is 4.57. The maximum atomic E-state index is 8.61. The van der Waals surface area contributed by atoms with Gasteiger partial charge in [0.1, 0.15) is 0 Å². The molecule has 1 heterocycles. The van der Waals surface area contributed by atoms with E-state index in [0.717, 1.165) is 0 Å². The van der Waals surface area contributed by atoms with Gasteiger partial charge >= 0.3 is 0 Å². The molecule has 1 aliphatic heterocycles. The van der Waals surface area contributed by atoms with Gasteiger partial charge in [0.2, 0.25) is 0 Å². The Hall–Kier alpha value is -0.120. The average molecular weight is 104 g/mol. The number of aliphatic hydroxyl groups is 2. The average Bonchev–Trinajstić information content (AvgIpc) is 1.87. The smallest absolute Gasteiger partial charge is 0.157 e. The number of hydrogen-bond acceptors (Lipinski definition) is 3. The lowest BCUT2D eigenvalue weighted by Gasteiger charge is -1.93. The van der Waals surface area contributed by atoms with E-state index in [9.17, 15) is 0 Å². The van der Waals surface area contributed by atoms with Crippen LogP contribution in [0.15, 0.2) is 0 Å². The Morgan fingerprint density at radius 3 is 2.29 bits per heavy atom. The van der Waals surface area contributed by atoms with E-state index < -0.39 is 12.4 Å². The molecule has 7 heavy (non-hydrogen) atoms. The van der Waals surface area contributed by atoms with E-state index in [1.165, 1.54) is 0 Å². The van der Waals surface area contributed by atoms with Gasteiger partial charge in [-0.15, -0.1) is 0 Å². The molecule has 0 aromatic rings. The molecule has 0 aliphatic carbocycles. The molecule has 0 bridgehead atoms. The van der Waals surface area contributed by atoms with Crippen LogP contribution in [0, 0.1) is 0 Å². The van der Waals surface area contributed by atoms with Crippen molar-refractivity contribution in [1.82, 2.24) is 0 Å². The van der Waals surface area contributed by atoms with Crippen molar-refractivity contribution in [3.8, 4) is 0 Å². The molecule has 0 unspecified atom stereocenters. The first-order chi connectivity index (χ1) is 3.29. The topological polar surface area (TPSA) is 49.7 Å². The van der Waals surface area contributed by atoms with E-state index in [-0.39, 0.29) is 6.61 Å². The van der Waals surface area contributed by atoms with Gasteiger partial charge in [0.05, 0.1) is 12.7 Å². The predicted octanol–water partition coefficient (Wildman–Crippen LogP) is -0.914. The number of rotatable bonds is 0. The number of ether oxygens (including phenoxy) is 1. The van der Waals surface area contributed by atoms with Crippen molar-refractivity contribution >= 4 is 0 Å². The highest BCUT2D eigenvalue weighted by Gasteiger charge is 2.20. The van der Waals surface area contributed by atoms with Gasteiger partial charge in [0.15, 0.2) is 6.29 Å². The van der Waals surface area contributed by atoms with Crippen LogP contribution >= 0.6 is 0 Å². The Morgan fingerprint density at radius 2 is 2.14 bits per heavy atom. The monoisotopic (exact) mass is 104 g/mol. The minimum atomic E-state index is -0.727. The van der Waals surface area contributed by atoms with Crippen molar-refractivity contribution in [3.05, 3.63) is 0 Å². The molecule has 0 aromatic carbocycles. The lowest BCUT2D eigenvalue weighted by atomic mass is 10.3. The van der Waals surface area contributed by atoms with Crippen LogP contribution in [0.1, 0.15) is 6.42 Å². The van der Waals surface area contributed by atoms with Gasteiger partial charge in [-0.1, -0.05) is 0 Å². The molecule has 3 nitrogen and oxygen atoms in total. The zero-order valence-corrected chi connectivity index (χ0v) is 3.87. The zero-order chi connectivity index (χ0) is 5.28. The molecule has 0 spiro atoms. The first kappa shape index (κ1) is 5.03. The van der Waals surface area contributed by atoms with Gasteiger partial charge in [0.25, 0.3) is 0 Å². The summed E-state index contributed by atoms with van der Waals surface area (Å²) in [5, 5.41) is 17.1. The second-order valence-corrected chi connectivity index (χ2v) is 1.68. The van der Waals surface area contributed by atoms with Crippen molar-refractivity contribution in [3.63, 3.8) is 0 Å². The van der Waals surface area contributed by atoms with Crippen molar-refractivity contribution in [2.24, 2.45) is 0 Å². The molecule has 3 heteroatoms. The Bertz CT molecular complexity index is 56.0. The normalized spacial score (nSPS) is 42.0. The highest BCUT2D eigenvalue weighted by atomic mass is 16.6. The summed E-state index contributed by atoms with van der Waals surface area (Å²) in [6.45, 7) is 0.279. The SMILES string of the molecule is O[C@@H]1CO[C@@H](O)C1. The lowest BCUT2D eigenvalue weighted by molar-refractivity contribution is -0.0595. The van der Waals surface area contributed by atoms with Crippen molar-refractivity contribution in [2.45, 2.75) is 18.8 Å². The van der Waals surface area contributed by atoms with Crippen molar-refractivity contribution in [2.75, 3.05) is 6.61 Å². The summed E-state index contributed by atoms with van der Waals surface area (Å²) in [6.07, 6.45) is -0.815. The second kappa shape index (κ2) is 1.78. The molecule has 1 rings (SSSR count). The molecule has 2 N–H and O–H groups in total. The molecule has 1 fully saturated rings. The molecule has 0 aromatic heterocycles. The third-order valence-corrected chi connectivity index (χ3v) is 0.955. The van der Waals surface area contributed by atoms with Gasteiger partial charge in [-0.05, 0) is 0 Å². The molecular weight excluding hydrogens is 96.0 g/mol. The largest absolute Gasteiger partial charge is 0.391 e. The summed E-state index contributed by atoms with van der Waals surface area (Å²) in [5.41, 5.74) is 0. The quantitative estimate of drug-likeness (QED) is 0.418. The Morgan fingerprint density at radius 1 is 1.43 bits per heavy atom. The summed E-state index contributed by atoms with van der Waals surface area (Å²) in [4.78, 5) is 0. The molecule has 2 atom stereocenters. The van der Waals surface area contributed by atoms with Crippen LogP contribution in [0.5, 0.6) is 0 Å². The third kappa shape index (κ3) is 1.12. The van der Waals surface area contributed by atoms with E-state index >= 15 is 0 Å². The Balaban J connectivity index is 2.26.